The molecule has 11 heavy (non-hydrogen) atoms. The molecule has 0 aromatic carbocycles. The van der Waals surface area contributed by atoms with Crippen molar-refractivity contribution in [3.05, 3.63) is 12.2 Å². The molecule has 3 atom stereocenters. The fourth-order valence-corrected chi connectivity index (χ4v) is 2.17. The average molecular weight is 152 g/mol. The minimum atomic E-state index is 0.181. The third kappa shape index (κ3) is 0.932. The second-order valence-electron chi connectivity index (χ2n) is 3.36. The molecule has 1 fully saturated rings. The average Bonchev–Trinajstić information content (AvgIpc) is 2.46. The molecule has 60 valence electrons. The molecule has 0 aromatic heterocycles. The fourth-order valence-electron chi connectivity index (χ4n) is 2.17. The molecule has 2 aliphatic rings. The van der Waals surface area contributed by atoms with Crippen LogP contribution in [-0.2, 0) is 9.53 Å². The summed E-state index contributed by atoms with van der Waals surface area (Å²) in [6.45, 7) is 0.730. The van der Waals surface area contributed by atoms with Crippen LogP contribution < -0.4 is 0 Å². The first-order chi connectivity index (χ1) is 5.33. The van der Waals surface area contributed by atoms with E-state index >= 15 is 0 Å². The lowest BCUT2D eigenvalue weighted by Crippen LogP contribution is -2.15. The van der Waals surface area contributed by atoms with Crippen molar-refractivity contribution in [3.63, 3.8) is 0 Å². The number of rotatable bonds is 2. The Labute approximate surface area is 66.2 Å². The lowest BCUT2D eigenvalue weighted by molar-refractivity contribution is -0.120. The van der Waals surface area contributed by atoms with Crippen molar-refractivity contribution in [2.45, 2.75) is 6.42 Å². The van der Waals surface area contributed by atoms with E-state index in [0.717, 1.165) is 13.0 Å². The highest BCUT2D eigenvalue weighted by atomic mass is 16.5. The van der Waals surface area contributed by atoms with Gasteiger partial charge in [-0.15, -0.1) is 0 Å². The van der Waals surface area contributed by atoms with E-state index in [4.69, 9.17) is 4.74 Å². The van der Waals surface area contributed by atoms with Crippen LogP contribution in [0.2, 0.25) is 0 Å². The second kappa shape index (κ2) is 2.45. The van der Waals surface area contributed by atoms with Crippen LogP contribution >= 0.6 is 0 Å². The first-order valence-electron chi connectivity index (χ1n) is 4.03. The fraction of sp³-hybridized carbons (Fsp3) is 0.667. The summed E-state index contributed by atoms with van der Waals surface area (Å²) in [4.78, 5) is 11.2. The number of fused-ring (bicyclic) bond motifs is 2. The Hall–Kier alpha value is -0.630. The number of methoxy groups -OCH3 is 1. The van der Waals surface area contributed by atoms with Crippen molar-refractivity contribution in [3.8, 4) is 0 Å². The number of ether oxygens (including phenoxy) is 1. The van der Waals surface area contributed by atoms with E-state index < -0.39 is 0 Å². The highest BCUT2D eigenvalue weighted by molar-refractivity contribution is 5.87. The number of carbonyl (C=O) groups excluding carboxylic acids is 1. The van der Waals surface area contributed by atoms with Crippen molar-refractivity contribution in [1.82, 2.24) is 0 Å². The van der Waals surface area contributed by atoms with Crippen molar-refractivity contribution >= 4 is 5.78 Å². The van der Waals surface area contributed by atoms with Crippen LogP contribution in [0.3, 0.4) is 0 Å². The van der Waals surface area contributed by atoms with Crippen LogP contribution in [0.5, 0.6) is 0 Å². The van der Waals surface area contributed by atoms with Gasteiger partial charge in [0, 0.05) is 25.4 Å². The quantitative estimate of drug-likeness (QED) is 0.552. The predicted molar refractivity (Wildman–Crippen MR) is 41.1 cm³/mol. The Kier molecular flexibility index (Phi) is 1.57. The maximum atomic E-state index is 11.2. The maximum absolute atomic E-state index is 11.2. The summed E-state index contributed by atoms with van der Waals surface area (Å²) in [5.74, 6) is 1.51. The Bertz CT molecular complexity index is 208. The summed E-state index contributed by atoms with van der Waals surface area (Å²) in [5.41, 5.74) is 0. The molecule has 2 heteroatoms. The van der Waals surface area contributed by atoms with Crippen LogP contribution in [0.25, 0.3) is 0 Å². The van der Waals surface area contributed by atoms with E-state index in [0.29, 0.717) is 17.6 Å². The van der Waals surface area contributed by atoms with Gasteiger partial charge in [0.2, 0.25) is 0 Å². The summed E-state index contributed by atoms with van der Waals surface area (Å²) in [6.07, 6.45) is 4.95. The third-order valence-corrected chi connectivity index (χ3v) is 2.74. The van der Waals surface area contributed by atoms with Crippen molar-refractivity contribution in [2.75, 3.05) is 13.7 Å². The topological polar surface area (TPSA) is 26.3 Å². The Morgan fingerprint density at radius 2 is 2.45 bits per heavy atom. The minimum absolute atomic E-state index is 0.181. The van der Waals surface area contributed by atoms with Crippen LogP contribution in [-0.4, -0.2) is 19.5 Å². The van der Waals surface area contributed by atoms with E-state index in [9.17, 15) is 4.79 Å². The number of ketones is 1. The first kappa shape index (κ1) is 7.04. The molecular formula is C9H12O2. The lowest BCUT2D eigenvalue weighted by atomic mass is 9.98. The molecule has 0 radical (unpaired) electrons. The standard InChI is InChI=1S/C9H12O2/c1-11-5-8-6-2-3-7(8)9(10)4-6/h2-3,6-8H,4-5H2,1H3/t6?,7?,8-/m0/s1. The summed E-state index contributed by atoms with van der Waals surface area (Å²) >= 11 is 0. The number of hydrogen-bond acceptors (Lipinski definition) is 2. The SMILES string of the molecule is COC[C@H]1C2C=CC1C(=O)C2. The van der Waals surface area contributed by atoms with Crippen LogP contribution in [0, 0.1) is 17.8 Å². The summed E-state index contributed by atoms with van der Waals surface area (Å²) < 4.78 is 5.06. The maximum Gasteiger partial charge on any atom is 0.140 e. The smallest absolute Gasteiger partial charge is 0.140 e. The van der Waals surface area contributed by atoms with Gasteiger partial charge in [0.15, 0.2) is 0 Å². The summed E-state index contributed by atoms with van der Waals surface area (Å²) in [5, 5.41) is 0. The second-order valence-corrected chi connectivity index (χ2v) is 3.36. The number of Topliss-reactive ketones (excluding diaryl/α,β-unsaturated/α-hetero) is 1. The lowest BCUT2D eigenvalue weighted by Gasteiger charge is -2.11. The summed E-state index contributed by atoms with van der Waals surface area (Å²) in [6, 6.07) is 0. The zero-order valence-corrected chi connectivity index (χ0v) is 6.62. The van der Waals surface area contributed by atoms with Crippen molar-refractivity contribution in [2.24, 2.45) is 17.8 Å². The van der Waals surface area contributed by atoms with Gasteiger partial charge in [-0.25, -0.2) is 0 Å². The molecule has 0 heterocycles. The molecular weight excluding hydrogens is 140 g/mol. The van der Waals surface area contributed by atoms with Gasteiger partial charge in [0.25, 0.3) is 0 Å². The number of carbonyl (C=O) groups is 1. The first-order valence-corrected chi connectivity index (χ1v) is 4.03. The van der Waals surface area contributed by atoms with Gasteiger partial charge in [-0.2, -0.15) is 0 Å². The molecule has 2 aliphatic carbocycles. The van der Waals surface area contributed by atoms with E-state index in [1.54, 1.807) is 7.11 Å². The largest absolute Gasteiger partial charge is 0.384 e. The monoisotopic (exact) mass is 152 g/mol. The number of hydrogen-bond donors (Lipinski definition) is 0. The molecule has 1 saturated carbocycles. The van der Waals surface area contributed by atoms with E-state index in [1.807, 2.05) is 6.08 Å². The highest BCUT2D eigenvalue weighted by Gasteiger charge is 2.43. The van der Waals surface area contributed by atoms with Crippen LogP contribution in [0.15, 0.2) is 12.2 Å². The van der Waals surface area contributed by atoms with E-state index in [-0.39, 0.29) is 5.92 Å². The minimum Gasteiger partial charge on any atom is -0.384 e. The van der Waals surface area contributed by atoms with Crippen molar-refractivity contribution in [1.29, 1.82) is 0 Å². The van der Waals surface area contributed by atoms with Gasteiger partial charge in [-0.05, 0) is 5.92 Å². The predicted octanol–water partition coefficient (Wildman–Crippen LogP) is 1.02. The zero-order chi connectivity index (χ0) is 7.84. The van der Waals surface area contributed by atoms with Gasteiger partial charge in [0.05, 0.1) is 6.61 Å². The number of allylic oxidation sites excluding steroid dienone is 2. The molecule has 0 spiro atoms. The molecule has 2 rings (SSSR count). The molecule has 0 saturated heterocycles. The summed E-state index contributed by atoms with van der Waals surface area (Å²) in [7, 11) is 1.70. The molecule has 2 unspecified atom stereocenters. The molecule has 0 aromatic rings. The van der Waals surface area contributed by atoms with Gasteiger partial charge in [-0.1, -0.05) is 12.2 Å². The third-order valence-electron chi connectivity index (χ3n) is 2.74. The van der Waals surface area contributed by atoms with Gasteiger partial charge >= 0.3 is 0 Å². The van der Waals surface area contributed by atoms with Gasteiger partial charge < -0.3 is 4.74 Å². The highest BCUT2D eigenvalue weighted by Crippen LogP contribution is 2.41. The van der Waals surface area contributed by atoms with Gasteiger partial charge in [-0.3, -0.25) is 4.79 Å². The van der Waals surface area contributed by atoms with Crippen LogP contribution in [0.1, 0.15) is 6.42 Å². The molecule has 0 aliphatic heterocycles. The molecule has 2 bridgehead atoms. The van der Waals surface area contributed by atoms with E-state index in [1.165, 1.54) is 0 Å². The molecule has 0 N–H and O–H groups in total. The van der Waals surface area contributed by atoms with Crippen molar-refractivity contribution < 1.29 is 9.53 Å². The zero-order valence-electron chi connectivity index (χ0n) is 6.62. The Balaban J connectivity index is 2.11. The molecule has 0 amide bonds. The van der Waals surface area contributed by atoms with E-state index in [2.05, 4.69) is 6.08 Å². The Morgan fingerprint density at radius 1 is 1.64 bits per heavy atom. The van der Waals surface area contributed by atoms with Crippen LogP contribution in [0.4, 0.5) is 0 Å². The normalized spacial score (nSPS) is 40.5. The van der Waals surface area contributed by atoms with Gasteiger partial charge in [0.1, 0.15) is 5.78 Å². The molecule has 2 nitrogen and oxygen atoms in total. The Morgan fingerprint density at radius 3 is 2.91 bits per heavy atom.